The SMILES string of the molecule is COc1cc2c(cc1CNC(=O)[C@@H](C)c1c(C)noc1C)O[C@H](C)C2. The zero-order valence-electron chi connectivity index (χ0n) is 15.3. The van der Waals surface area contributed by atoms with E-state index < -0.39 is 0 Å². The Balaban J connectivity index is 1.73. The molecule has 134 valence electrons. The van der Waals surface area contributed by atoms with Gasteiger partial charge in [0.05, 0.1) is 18.7 Å². The van der Waals surface area contributed by atoms with Gasteiger partial charge < -0.3 is 19.3 Å². The van der Waals surface area contributed by atoms with E-state index in [9.17, 15) is 4.79 Å². The van der Waals surface area contributed by atoms with E-state index >= 15 is 0 Å². The van der Waals surface area contributed by atoms with Crippen molar-refractivity contribution in [1.82, 2.24) is 10.5 Å². The monoisotopic (exact) mass is 344 g/mol. The molecule has 6 heteroatoms. The molecule has 0 unspecified atom stereocenters. The van der Waals surface area contributed by atoms with E-state index in [4.69, 9.17) is 14.0 Å². The number of nitrogens with one attached hydrogen (secondary N) is 1. The van der Waals surface area contributed by atoms with Crippen LogP contribution in [0.2, 0.25) is 0 Å². The number of carbonyl (C=O) groups is 1. The molecule has 3 rings (SSSR count). The summed E-state index contributed by atoms with van der Waals surface area (Å²) < 4.78 is 16.4. The Morgan fingerprint density at radius 1 is 1.44 bits per heavy atom. The molecule has 1 aliphatic heterocycles. The van der Waals surface area contributed by atoms with Gasteiger partial charge in [-0.3, -0.25) is 4.79 Å². The third-order valence-corrected chi connectivity index (χ3v) is 4.67. The lowest BCUT2D eigenvalue weighted by Gasteiger charge is -2.15. The van der Waals surface area contributed by atoms with Crippen LogP contribution in [0, 0.1) is 13.8 Å². The van der Waals surface area contributed by atoms with Crippen molar-refractivity contribution in [3.05, 3.63) is 40.3 Å². The van der Waals surface area contributed by atoms with Crippen LogP contribution >= 0.6 is 0 Å². The predicted molar refractivity (Wildman–Crippen MR) is 93.0 cm³/mol. The molecule has 2 atom stereocenters. The quantitative estimate of drug-likeness (QED) is 0.902. The Morgan fingerprint density at radius 3 is 2.84 bits per heavy atom. The Kier molecular flexibility index (Phi) is 4.70. The summed E-state index contributed by atoms with van der Waals surface area (Å²) in [4.78, 5) is 12.6. The highest BCUT2D eigenvalue weighted by Crippen LogP contribution is 2.35. The summed E-state index contributed by atoms with van der Waals surface area (Å²) in [7, 11) is 1.64. The first-order valence-electron chi connectivity index (χ1n) is 8.47. The van der Waals surface area contributed by atoms with Crippen LogP contribution in [0.15, 0.2) is 16.7 Å². The molecule has 0 spiro atoms. The standard InChI is InChI=1S/C19H24N2O4/c1-10-6-14-7-16(23-5)15(8-17(14)24-10)9-20-19(22)11(2)18-12(3)21-25-13(18)4/h7-8,10-11H,6,9H2,1-5H3,(H,20,22)/t10-,11+/m1/s1. The molecule has 0 bridgehead atoms. The fourth-order valence-electron chi connectivity index (χ4n) is 3.38. The highest BCUT2D eigenvalue weighted by Gasteiger charge is 2.24. The molecule has 2 heterocycles. The van der Waals surface area contributed by atoms with E-state index in [0.29, 0.717) is 12.3 Å². The predicted octanol–water partition coefficient (Wildman–Crippen LogP) is 3.04. The van der Waals surface area contributed by atoms with Gasteiger partial charge >= 0.3 is 0 Å². The van der Waals surface area contributed by atoms with Crippen LogP contribution < -0.4 is 14.8 Å². The summed E-state index contributed by atoms with van der Waals surface area (Å²) in [6, 6.07) is 3.95. The van der Waals surface area contributed by atoms with Gasteiger partial charge in [-0.15, -0.1) is 0 Å². The highest BCUT2D eigenvalue weighted by atomic mass is 16.5. The van der Waals surface area contributed by atoms with E-state index in [1.165, 1.54) is 0 Å². The van der Waals surface area contributed by atoms with Gasteiger partial charge in [-0.05, 0) is 39.8 Å². The molecule has 1 aromatic carbocycles. The minimum atomic E-state index is -0.331. The van der Waals surface area contributed by atoms with Gasteiger partial charge in [-0.25, -0.2) is 0 Å². The number of ether oxygens (including phenoxy) is 2. The number of hydrogen-bond donors (Lipinski definition) is 1. The summed E-state index contributed by atoms with van der Waals surface area (Å²) in [6.45, 7) is 7.94. The fraction of sp³-hybridized carbons (Fsp3) is 0.474. The maximum Gasteiger partial charge on any atom is 0.227 e. The number of rotatable bonds is 5. The minimum absolute atomic E-state index is 0.0776. The molecular weight excluding hydrogens is 320 g/mol. The maximum absolute atomic E-state index is 12.6. The molecule has 1 N–H and O–H groups in total. The van der Waals surface area contributed by atoms with Crippen LogP contribution in [0.3, 0.4) is 0 Å². The summed E-state index contributed by atoms with van der Waals surface area (Å²) in [6.07, 6.45) is 1.05. The van der Waals surface area contributed by atoms with Crippen LogP contribution in [0.1, 0.15) is 47.9 Å². The van der Waals surface area contributed by atoms with Crippen LogP contribution in [-0.2, 0) is 17.8 Å². The van der Waals surface area contributed by atoms with Gasteiger partial charge in [0, 0.05) is 29.7 Å². The van der Waals surface area contributed by atoms with Gasteiger partial charge in [0.1, 0.15) is 23.4 Å². The summed E-state index contributed by atoms with van der Waals surface area (Å²) >= 11 is 0. The molecule has 1 amide bonds. The van der Waals surface area contributed by atoms with E-state index in [2.05, 4.69) is 10.5 Å². The van der Waals surface area contributed by atoms with Gasteiger partial charge in [-0.2, -0.15) is 0 Å². The van der Waals surface area contributed by atoms with Crippen molar-refractivity contribution in [3.8, 4) is 11.5 Å². The first kappa shape index (κ1) is 17.3. The molecule has 1 aliphatic rings. The van der Waals surface area contributed by atoms with E-state index in [1.807, 2.05) is 39.8 Å². The van der Waals surface area contributed by atoms with E-state index in [1.54, 1.807) is 7.11 Å². The number of benzene rings is 1. The minimum Gasteiger partial charge on any atom is -0.496 e. The number of aromatic nitrogens is 1. The molecule has 0 aliphatic carbocycles. The molecule has 0 radical (unpaired) electrons. The molecule has 6 nitrogen and oxygen atoms in total. The first-order chi connectivity index (χ1) is 11.9. The zero-order valence-corrected chi connectivity index (χ0v) is 15.3. The Bertz CT molecular complexity index is 777. The van der Waals surface area contributed by atoms with E-state index in [0.717, 1.165) is 40.3 Å². The average molecular weight is 344 g/mol. The lowest BCUT2D eigenvalue weighted by molar-refractivity contribution is -0.122. The van der Waals surface area contributed by atoms with Crippen LogP contribution in [-0.4, -0.2) is 24.3 Å². The number of aryl methyl sites for hydroxylation is 2. The van der Waals surface area contributed by atoms with Gasteiger partial charge in [0.2, 0.25) is 5.91 Å². The zero-order chi connectivity index (χ0) is 18.1. The number of hydrogen-bond acceptors (Lipinski definition) is 5. The number of methoxy groups -OCH3 is 1. The van der Waals surface area contributed by atoms with Gasteiger partial charge in [0.15, 0.2) is 0 Å². The molecule has 25 heavy (non-hydrogen) atoms. The number of carbonyl (C=O) groups excluding carboxylic acids is 1. The topological polar surface area (TPSA) is 73.6 Å². The van der Waals surface area contributed by atoms with Crippen molar-refractivity contribution in [2.24, 2.45) is 0 Å². The number of nitrogens with zero attached hydrogens (tertiary/aromatic N) is 1. The van der Waals surface area contributed by atoms with Crippen LogP contribution in [0.5, 0.6) is 11.5 Å². The Labute approximate surface area is 147 Å². The highest BCUT2D eigenvalue weighted by molar-refractivity contribution is 5.83. The third kappa shape index (κ3) is 3.34. The lowest BCUT2D eigenvalue weighted by Crippen LogP contribution is -2.28. The molecule has 0 saturated heterocycles. The van der Waals surface area contributed by atoms with Crippen molar-refractivity contribution in [1.29, 1.82) is 0 Å². The largest absolute Gasteiger partial charge is 0.496 e. The second kappa shape index (κ2) is 6.78. The number of amides is 1. The van der Waals surface area contributed by atoms with Crippen LogP contribution in [0.25, 0.3) is 0 Å². The Morgan fingerprint density at radius 2 is 2.20 bits per heavy atom. The molecule has 1 aromatic heterocycles. The summed E-state index contributed by atoms with van der Waals surface area (Å²) in [5, 5.41) is 6.89. The van der Waals surface area contributed by atoms with Crippen LogP contribution in [0.4, 0.5) is 0 Å². The number of fused-ring (bicyclic) bond motifs is 1. The molecule has 0 fully saturated rings. The van der Waals surface area contributed by atoms with Crippen molar-refractivity contribution in [3.63, 3.8) is 0 Å². The summed E-state index contributed by atoms with van der Waals surface area (Å²) in [5.74, 6) is 1.91. The van der Waals surface area contributed by atoms with Crippen molar-refractivity contribution in [2.45, 2.75) is 52.7 Å². The average Bonchev–Trinajstić information content (AvgIpc) is 3.11. The summed E-state index contributed by atoms with van der Waals surface area (Å²) in [5.41, 5.74) is 3.63. The van der Waals surface area contributed by atoms with Gasteiger partial charge in [0.25, 0.3) is 0 Å². The lowest BCUT2D eigenvalue weighted by atomic mass is 9.98. The third-order valence-electron chi connectivity index (χ3n) is 4.67. The smallest absolute Gasteiger partial charge is 0.227 e. The molecule has 2 aromatic rings. The Hall–Kier alpha value is -2.50. The maximum atomic E-state index is 12.6. The second-order valence-electron chi connectivity index (χ2n) is 6.58. The van der Waals surface area contributed by atoms with E-state index in [-0.39, 0.29) is 17.9 Å². The van der Waals surface area contributed by atoms with Crippen molar-refractivity contribution in [2.75, 3.05) is 7.11 Å². The fourth-order valence-corrected chi connectivity index (χ4v) is 3.38. The second-order valence-corrected chi connectivity index (χ2v) is 6.58. The van der Waals surface area contributed by atoms with Crippen molar-refractivity contribution < 1.29 is 18.8 Å². The van der Waals surface area contributed by atoms with Crippen molar-refractivity contribution >= 4 is 5.91 Å². The molecular formula is C19H24N2O4. The van der Waals surface area contributed by atoms with Gasteiger partial charge in [-0.1, -0.05) is 5.16 Å². The molecule has 0 saturated carbocycles. The first-order valence-corrected chi connectivity index (χ1v) is 8.47. The normalized spacial score (nSPS) is 16.9.